The molecule has 0 bridgehead atoms. The Morgan fingerprint density at radius 2 is 1.76 bits per heavy atom. The summed E-state index contributed by atoms with van der Waals surface area (Å²) in [7, 11) is 1.63. The maximum absolute atomic E-state index is 12.5. The van der Waals surface area contributed by atoms with Crippen molar-refractivity contribution in [1.82, 2.24) is 0 Å². The highest BCUT2D eigenvalue weighted by Gasteiger charge is 2.42. The zero-order chi connectivity index (χ0) is 24.1. The molecule has 0 saturated carbocycles. The van der Waals surface area contributed by atoms with Crippen LogP contribution in [0.1, 0.15) is 54.5 Å². The molecule has 4 rings (SSSR count). The first-order chi connectivity index (χ1) is 15.5. The highest BCUT2D eigenvalue weighted by Crippen LogP contribution is 2.47. The highest BCUT2D eigenvalue weighted by atomic mass is 16.5. The van der Waals surface area contributed by atoms with Crippen LogP contribution >= 0.6 is 0 Å². The minimum atomic E-state index is -1.06. The second-order valence-corrected chi connectivity index (χ2v) is 9.83. The first-order valence-corrected chi connectivity index (χ1v) is 11.3. The molecular formula is C28H32O5. The molecule has 0 spiro atoms. The summed E-state index contributed by atoms with van der Waals surface area (Å²) < 4.78 is 11.7. The number of hydrogen-bond acceptors (Lipinski definition) is 4. The van der Waals surface area contributed by atoms with Gasteiger partial charge in [-0.2, -0.15) is 0 Å². The topological polar surface area (TPSA) is 76.0 Å². The zero-order valence-corrected chi connectivity index (χ0v) is 20.2. The number of benzene rings is 3. The average Bonchev–Trinajstić information content (AvgIpc) is 3.17. The fraction of sp³-hybridized carbons (Fsp3) is 0.393. The van der Waals surface area contributed by atoms with Crippen LogP contribution in [0, 0.1) is 20.8 Å². The SMILES string of the molecule is COc1ccc2cc(C(C)(CCC3(C)Cc4c(C)c(O)c(C)c(C)c4O3)C(=O)O)ccc2c1. The van der Waals surface area contributed by atoms with E-state index in [2.05, 4.69) is 0 Å². The Hall–Kier alpha value is -3.21. The van der Waals surface area contributed by atoms with E-state index in [0.717, 1.165) is 50.1 Å². The van der Waals surface area contributed by atoms with E-state index in [4.69, 9.17) is 9.47 Å². The number of carboxylic acid groups (broad SMARTS) is 1. The number of methoxy groups -OCH3 is 1. The number of carboxylic acids is 1. The summed E-state index contributed by atoms with van der Waals surface area (Å²) in [5.74, 6) is 1.08. The van der Waals surface area contributed by atoms with Crippen LogP contribution in [0.2, 0.25) is 0 Å². The lowest BCUT2D eigenvalue weighted by Gasteiger charge is -2.31. The lowest BCUT2D eigenvalue weighted by Crippen LogP contribution is -2.38. The smallest absolute Gasteiger partial charge is 0.313 e. The average molecular weight is 449 g/mol. The number of phenols is 1. The largest absolute Gasteiger partial charge is 0.507 e. The third kappa shape index (κ3) is 3.79. The van der Waals surface area contributed by atoms with E-state index >= 15 is 0 Å². The van der Waals surface area contributed by atoms with Crippen molar-refractivity contribution in [2.75, 3.05) is 7.11 Å². The fourth-order valence-electron chi connectivity index (χ4n) is 4.90. The lowest BCUT2D eigenvalue weighted by atomic mass is 9.75. The second kappa shape index (κ2) is 7.98. The molecule has 0 amide bonds. The van der Waals surface area contributed by atoms with Gasteiger partial charge < -0.3 is 19.7 Å². The summed E-state index contributed by atoms with van der Waals surface area (Å²) in [5, 5.41) is 22.7. The van der Waals surface area contributed by atoms with E-state index in [0.29, 0.717) is 25.0 Å². The molecule has 2 N–H and O–H groups in total. The van der Waals surface area contributed by atoms with Gasteiger partial charge in [-0.3, -0.25) is 4.79 Å². The number of aromatic hydroxyl groups is 1. The van der Waals surface area contributed by atoms with Crippen molar-refractivity contribution < 1.29 is 24.5 Å². The van der Waals surface area contributed by atoms with Gasteiger partial charge in [0.2, 0.25) is 0 Å². The molecule has 0 fully saturated rings. The van der Waals surface area contributed by atoms with Crippen LogP contribution in [0.4, 0.5) is 0 Å². The predicted molar refractivity (Wildman–Crippen MR) is 130 cm³/mol. The normalized spacial score (nSPS) is 19.1. The van der Waals surface area contributed by atoms with Crippen molar-refractivity contribution in [3.05, 3.63) is 64.2 Å². The van der Waals surface area contributed by atoms with Crippen LogP contribution in [0.3, 0.4) is 0 Å². The molecule has 0 radical (unpaired) electrons. The molecule has 3 aromatic rings. The van der Waals surface area contributed by atoms with Crippen molar-refractivity contribution in [2.24, 2.45) is 0 Å². The van der Waals surface area contributed by atoms with E-state index in [9.17, 15) is 15.0 Å². The molecular weight excluding hydrogens is 416 g/mol. The number of fused-ring (bicyclic) bond motifs is 2. The van der Waals surface area contributed by atoms with Gasteiger partial charge in [0.15, 0.2) is 0 Å². The first kappa shape index (κ1) is 23.0. The van der Waals surface area contributed by atoms with E-state index in [1.54, 1.807) is 14.0 Å². The summed E-state index contributed by atoms with van der Waals surface area (Å²) >= 11 is 0. The summed E-state index contributed by atoms with van der Waals surface area (Å²) in [6.45, 7) is 9.60. The fourth-order valence-corrected chi connectivity index (χ4v) is 4.90. The van der Waals surface area contributed by atoms with Gasteiger partial charge in [-0.1, -0.05) is 24.3 Å². The van der Waals surface area contributed by atoms with Crippen molar-refractivity contribution in [1.29, 1.82) is 0 Å². The van der Waals surface area contributed by atoms with Crippen molar-refractivity contribution in [3.8, 4) is 17.2 Å². The van der Waals surface area contributed by atoms with Crippen LogP contribution in [-0.2, 0) is 16.6 Å². The first-order valence-electron chi connectivity index (χ1n) is 11.3. The van der Waals surface area contributed by atoms with Gasteiger partial charge >= 0.3 is 5.97 Å². The number of phenolic OH excluding ortho intramolecular Hbond substituents is 1. The van der Waals surface area contributed by atoms with E-state index in [1.165, 1.54) is 0 Å². The minimum absolute atomic E-state index is 0.322. The second-order valence-electron chi connectivity index (χ2n) is 9.83. The van der Waals surface area contributed by atoms with Crippen LogP contribution < -0.4 is 9.47 Å². The zero-order valence-electron chi connectivity index (χ0n) is 20.2. The molecule has 174 valence electrons. The minimum Gasteiger partial charge on any atom is -0.507 e. The summed E-state index contributed by atoms with van der Waals surface area (Å²) in [5.41, 5.74) is 2.84. The number of ether oxygens (including phenoxy) is 2. The Labute approximate surface area is 195 Å². The van der Waals surface area contributed by atoms with Crippen molar-refractivity contribution >= 4 is 16.7 Å². The standard InChI is InChI=1S/C28H32O5/c1-16-17(2)25-23(18(3)24(16)29)15-27(4,33-25)11-12-28(5,26(30)31)21-9-7-20-14-22(32-6)10-8-19(20)13-21/h7-10,13-14,29H,11-12,15H2,1-6H3,(H,30,31). The lowest BCUT2D eigenvalue weighted by molar-refractivity contribution is -0.143. The number of carbonyl (C=O) groups is 1. The molecule has 1 aliphatic rings. The van der Waals surface area contributed by atoms with Crippen LogP contribution in [0.25, 0.3) is 10.8 Å². The molecule has 2 atom stereocenters. The third-order valence-electron chi connectivity index (χ3n) is 7.55. The number of rotatable bonds is 6. The summed E-state index contributed by atoms with van der Waals surface area (Å²) in [4.78, 5) is 12.5. The van der Waals surface area contributed by atoms with E-state index < -0.39 is 17.0 Å². The molecule has 0 saturated heterocycles. The molecule has 0 aliphatic carbocycles. The summed E-state index contributed by atoms with van der Waals surface area (Å²) in [6.07, 6.45) is 1.65. The monoisotopic (exact) mass is 448 g/mol. The Morgan fingerprint density at radius 3 is 2.42 bits per heavy atom. The maximum Gasteiger partial charge on any atom is 0.313 e. The van der Waals surface area contributed by atoms with Crippen molar-refractivity contribution in [2.45, 2.75) is 64.9 Å². The molecule has 5 nitrogen and oxygen atoms in total. The molecule has 1 heterocycles. The molecule has 33 heavy (non-hydrogen) atoms. The molecule has 2 unspecified atom stereocenters. The van der Waals surface area contributed by atoms with Gasteiger partial charge in [-0.25, -0.2) is 0 Å². The van der Waals surface area contributed by atoms with Crippen LogP contribution in [0.15, 0.2) is 36.4 Å². The number of hydrogen-bond donors (Lipinski definition) is 2. The number of aliphatic carboxylic acids is 1. The molecule has 3 aromatic carbocycles. The van der Waals surface area contributed by atoms with Crippen molar-refractivity contribution in [3.63, 3.8) is 0 Å². The predicted octanol–water partition coefficient (Wildman–Crippen LogP) is 6.00. The molecule has 0 aromatic heterocycles. The molecule has 5 heteroatoms. The van der Waals surface area contributed by atoms with Gasteiger partial charge in [0, 0.05) is 12.0 Å². The van der Waals surface area contributed by atoms with Gasteiger partial charge in [0.1, 0.15) is 22.8 Å². The van der Waals surface area contributed by atoms with Crippen LogP contribution in [-0.4, -0.2) is 28.9 Å². The Morgan fingerprint density at radius 1 is 1.09 bits per heavy atom. The Balaban J connectivity index is 1.62. The summed E-state index contributed by atoms with van der Waals surface area (Å²) in [6, 6.07) is 11.6. The quantitative estimate of drug-likeness (QED) is 0.484. The Kier molecular flexibility index (Phi) is 5.55. The highest BCUT2D eigenvalue weighted by molar-refractivity contribution is 5.88. The third-order valence-corrected chi connectivity index (χ3v) is 7.55. The Bertz CT molecular complexity index is 1220. The van der Waals surface area contributed by atoms with E-state index in [1.807, 2.05) is 64.1 Å². The van der Waals surface area contributed by atoms with Gasteiger partial charge in [0.05, 0.1) is 12.5 Å². The van der Waals surface area contributed by atoms with Gasteiger partial charge in [0.25, 0.3) is 0 Å². The van der Waals surface area contributed by atoms with Gasteiger partial charge in [-0.05, 0) is 92.6 Å². The van der Waals surface area contributed by atoms with Crippen LogP contribution in [0.5, 0.6) is 17.2 Å². The molecule has 1 aliphatic heterocycles. The van der Waals surface area contributed by atoms with Gasteiger partial charge in [-0.15, -0.1) is 0 Å². The maximum atomic E-state index is 12.5. The van der Waals surface area contributed by atoms with E-state index in [-0.39, 0.29) is 0 Å².